The molecule has 3 amide bonds. The number of carbonyl (C=O) groups is 3. The molecule has 0 unspecified atom stereocenters. The summed E-state index contributed by atoms with van der Waals surface area (Å²) in [6.45, 7) is 4.33. The number of rotatable bonds is 17. The van der Waals surface area contributed by atoms with Crippen molar-refractivity contribution in [2.45, 2.75) is 64.2 Å². The van der Waals surface area contributed by atoms with Crippen LogP contribution in [-0.2, 0) is 20.9 Å². The monoisotopic (exact) mass is 560 g/mol. The summed E-state index contributed by atoms with van der Waals surface area (Å²) in [6, 6.07) is 4.14. The Hall–Kier alpha value is -4.40. The Morgan fingerprint density at radius 2 is 1.38 bits per heavy atom. The average Bonchev–Trinajstić information content (AvgIpc) is 2.89. The van der Waals surface area contributed by atoms with Crippen LogP contribution in [0, 0.1) is 11.3 Å². The van der Waals surface area contributed by atoms with Gasteiger partial charge in [0.25, 0.3) is 0 Å². The van der Waals surface area contributed by atoms with E-state index in [1.54, 1.807) is 38.1 Å². The largest absolute Gasteiger partial charge is 0.384 e. The van der Waals surface area contributed by atoms with Gasteiger partial charge in [-0.25, -0.2) is 0 Å². The molecule has 0 aliphatic carbocycles. The zero-order valence-corrected chi connectivity index (χ0v) is 23.2. The van der Waals surface area contributed by atoms with Crippen molar-refractivity contribution in [2.75, 3.05) is 13.1 Å². The zero-order valence-electron chi connectivity index (χ0n) is 23.2. The topological polar surface area (TPSA) is 292 Å². The second kappa shape index (κ2) is 17.2. The molecule has 0 radical (unpaired) electrons. The van der Waals surface area contributed by atoms with Crippen molar-refractivity contribution >= 4 is 35.5 Å². The summed E-state index contributed by atoms with van der Waals surface area (Å²) >= 11 is 0. The molecule has 15 nitrogen and oxygen atoms in total. The molecule has 0 bridgehead atoms. The first-order valence-electron chi connectivity index (χ1n) is 13.0. The van der Waals surface area contributed by atoms with E-state index >= 15 is 0 Å². The van der Waals surface area contributed by atoms with E-state index in [1.807, 2.05) is 0 Å². The third-order valence-corrected chi connectivity index (χ3v) is 5.86. The Labute approximate surface area is 234 Å². The SMILES string of the molecule is CC(C)[C@H](NC(=O)[C@@H](N)CCCN=C(N)N)C(=O)N[C@@H](CCCN=C(N)N)C(=O)NCc1ccc(C(=N)N)cc1. The fraction of sp³-hybridized carbons (Fsp3) is 0.520. The van der Waals surface area contributed by atoms with Crippen LogP contribution in [0.3, 0.4) is 0 Å². The highest BCUT2D eigenvalue weighted by molar-refractivity contribution is 5.95. The normalized spacial score (nSPS) is 12.9. The highest BCUT2D eigenvalue weighted by atomic mass is 16.2. The second-order valence-electron chi connectivity index (χ2n) is 9.62. The van der Waals surface area contributed by atoms with Gasteiger partial charge in [-0.15, -0.1) is 0 Å². The minimum Gasteiger partial charge on any atom is -0.384 e. The molecule has 0 aromatic heterocycles. The van der Waals surface area contributed by atoms with Gasteiger partial charge in [0, 0.05) is 25.2 Å². The summed E-state index contributed by atoms with van der Waals surface area (Å²) in [4.78, 5) is 46.7. The molecular weight excluding hydrogens is 516 g/mol. The third kappa shape index (κ3) is 12.9. The lowest BCUT2D eigenvalue weighted by molar-refractivity contribution is -0.133. The maximum absolute atomic E-state index is 13.2. The van der Waals surface area contributed by atoms with Gasteiger partial charge in [-0.3, -0.25) is 29.8 Å². The Bertz CT molecular complexity index is 1050. The standard InChI is InChI=1S/C25H44N12O3/c1-14(2)19(37-21(38)17(26)5-3-11-33-24(29)30)23(40)36-18(6-4-12-34-25(31)32)22(39)35-13-15-7-9-16(10-8-15)20(27)28/h7-10,14,17-19H,3-6,11-13,26H2,1-2H3,(H3,27,28)(H,35,39)(H,36,40)(H,37,38)(H4,29,30,33)(H4,31,32,34)/t17-,18-,19-/m0/s1. The molecule has 222 valence electrons. The molecule has 0 spiro atoms. The van der Waals surface area contributed by atoms with Gasteiger partial charge in [0.15, 0.2) is 11.9 Å². The maximum atomic E-state index is 13.2. The minimum absolute atomic E-state index is 0.0441. The minimum atomic E-state index is -0.927. The van der Waals surface area contributed by atoms with Gasteiger partial charge in [0.05, 0.1) is 6.04 Å². The summed E-state index contributed by atoms with van der Waals surface area (Å²) in [7, 11) is 0. The van der Waals surface area contributed by atoms with Crippen LogP contribution < -0.4 is 50.4 Å². The number of benzene rings is 1. The molecule has 1 aromatic carbocycles. The summed E-state index contributed by atoms with van der Waals surface area (Å²) in [5.74, 6) is -1.90. The fourth-order valence-corrected chi connectivity index (χ4v) is 3.59. The smallest absolute Gasteiger partial charge is 0.243 e. The van der Waals surface area contributed by atoms with Gasteiger partial charge in [-0.05, 0) is 37.2 Å². The molecular formula is C25H44N12O3. The number of guanidine groups is 2. The highest BCUT2D eigenvalue weighted by Gasteiger charge is 2.29. The van der Waals surface area contributed by atoms with Crippen LogP contribution in [-0.4, -0.2) is 66.7 Å². The van der Waals surface area contributed by atoms with E-state index in [4.69, 9.17) is 39.8 Å². The lowest BCUT2D eigenvalue weighted by atomic mass is 10.0. The quantitative estimate of drug-likeness (QED) is 0.0553. The number of aliphatic imine (C=N–C) groups is 2. The van der Waals surface area contributed by atoms with E-state index < -0.39 is 35.8 Å². The Morgan fingerprint density at radius 3 is 1.88 bits per heavy atom. The molecule has 0 saturated heterocycles. The number of nitrogens with zero attached hydrogens (tertiary/aromatic N) is 2. The van der Waals surface area contributed by atoms with Crippen molar-refractivity contribution in [1.82, 2.24) is 16.0 Å². The van der Waals surface area contributed by atoms with Crippen molar-refractivity contribution in [3.63, 3.8) is 0 Å². The van der Waals surface area contributed by atoms with Crippen LogP contribution in [0.5, 0.6) is 0 Å². The van der Waals surface area contributed by atoms with E-state index in [2.05, 4.69) is 25.9 Å². The van der Waals surface area contributed by atoms with Gasteiger partial charge in [0.2, 0.25) is 17.7 Å². The van der Waals surface area contributed by atoms with Crippen molar-refractivity contribution in [2.24, 2.45) is 50.3 Å². The molecule has 16 N–H and O–H groups in total. The van der Waals surface area contributed by atoms with Gasteiger partial charge in [-0.2, -0.15) is 0 Å². The first-order chi connectivity index (χ1) is 18.8. The first kappa shape index (κ1) is 33.6. The van der Waals surface area contributed by atoms with Crippen LogP contribution in [0.25, 0.3) is 0 Å². The molecule has 1 rings (SSSR count). The average molecular weight is 561 g/mol. The van der Waals surface area contributed by atoms with Crippen LogP contribution in [0.1, 0.15) is 50.7 Å². The lowest BCUT2D eigenvalue weighted by Crippen LogP contribution is -2.57. The van der Waals surface area contributed by atoms with E-state index in [1.165, 1.54) is 0 Å². The summed E-state index contributed by atoms with van der Waals surface area (Å²) in [5.41, 5.74) is 34.2. The van der Waals surface area contributed by atoms with Crippen LogP contribution in [0.15, 0.2) is 34.3 Å². The number of nitrogens with two attached hydrogens (primary N) is 6. The molecule has 0 aliphatic rings. The predicted octanol–water partition coefficient (Wildman–Crippen LogP) is -2.35. The molecule has 0 fully saturated rings. The number of amidine groups is 1. The van der Waals surface area contributed by atoms with E-state index in [0.717, 1.165) is 5.56 Å². The molecule has 0 heterocycles. The van der Waals surface area contributed by atoms with Gasteiger partial charge in [-0.1, -0.05) is 38.1 Å². The third-order valence-electron chi connectivity index (χ3n) is 5.86. The Balaban J connectivity index is 2.87. The Kier molecular flexibility index (Phi) is 14.5. The summed E-state index contributed by atoms with van der Waals surface area (Å²) < 4.78 is 0. The fourth-order valence-electron chi connectivity index (χ4n) is 3.59. The number of hydrogen-bond acceptors (Lipinski definition) is 7. The first-order valence-corrected chi connectivity index (χ1v) is 13.0. The van der Waals surface area contributed by atoms with E-state index in [-0.39, 0.29) is 43.2 Å². The van der Waals surface area contributed by atoms with Crippen LogP contribution in [0.4, 0.5) is 0 Å². The summed E-state index contributed by atoms with van der Waals surface area (Å²) in [6.07, 6.45) is 1.47. The number of nitrogen functional groups attached to an aromatic ring is 1. The number of carbonyl (C=O) groups excluding carboxylic acids is 3. The Morgan fingerprint density at radius 1 is 0.825 bits per heavy atom. The van der Waals surface area contributed by atoms with Crippen molar-refractivity contribution in [1.29, 1.82) is 5.41 Å². The molecule has 1 aromatic rings. The van der Waals surface area contributed by atoms with Crippen molar-refractivity contribution in [3.05, 3.63) is 35.4 Å². The molecule has 0 saturated carbocycles. The predicted molar refractivity (Wildman–Crippen MR) is 156 cm³/mol. The second-order valence-corrected chi connectivity index (χ2v) is 9.62. The molecule has 15 heteroatoms. The number of hydrogen-bond donors (Lipinski definition) is 10. The van der Waals surface area contributed by atoms with Crippen LogP contribution >= 0.6 is 0 Å². The van der Waals surface area contributed by atoms with E-state index in [0.29, 0.717) is 31.4 Å². The summed E-state index contributed by atoms with van der Waals surface area (Å²) in [5, 5.41) is 15.7. The molecule has 40 heavy (non-hydrogen) atoms. The van der Waals surface area contributed by atoms with Crippen LogP contribution in [0.2, 0.25) is 0 Å². The lowest BCUT2D eigenvalue weighted by Gasteiger charge is -2.26. The van der Waals surface area contributed by atoms with Crippen molar-refractivity contribution in [3.8, 4) is 0 Å². The number of nitrogens with one attached hydrogen (secondary N) is 4. The van der Waals surface area contributed by atoms with Gasteiger partial charge >= 0.3 is 0 Å². The van der Waals surface area contributed by atoms with Crippen molar-refractivity contribution < 1.29 is 14.4 Å². The highest BCUT2D eigenvalue weighted by Crippen LogP contribution is 2.08. The zero-order chi connectivity index (χ0) is 30.2. The maximum Gasteiger partial charge on any atom is 0.243 e. The molecule has 0 aliphatic heterocycles. The van der Waals surface area contributed by atoms with Gasteiger partial charge < -0.3 is 50.4 Å². The van der Waals surface area contributed by atoms with Gasteiger partial charge in [0.1, 0.15) is 17.9 Å². The molecule has 3 atom stereocenters. The number of amides is 3. The van der Waals surface area contributed by atoms with E-state index in [9.17, 15) is 14.4 Å².